The Kier molecular flexibility index (Phi) is 3.98. The highest BCUT2D eigenvalue weighted by Gasteiger charge is 2.10. The predicted octanol–water partition coefficient (Wildman–Crippen LogP) is 4.97. The molecule has 0 atom stereocenters. The summed E-state index contributed by atoms with van der Waals surface area (Å²) in [4.78, 5) is 12.5. The van der Waals surface area contributed by atoms with E-state index in [1.165, 1.54) is 0 Å². The van der Waals surface area contributed by atoms with Crippen molar-refractivity contribution in [3.05, 3.63) is 79.6 Å². The normalized spacial score (nSPS) is 11.1. The fraction of sp³-hybridized carbons (Fsp3) is 0.167. The molecule has 1 aromatic heterocycles. The number of fused-ring (bicyclic) bond motifs is 1. The van der Waals surface area contributed by atoms with Gasteiger partial charge in [0.05, 0.1) is 12.1 Å². The van der Waals surface area contributed by atoms with Crippen molar-refractivity contribution < 1.29 is 0 Å². The second-order valence-corrected chi connectivity index (χ2v) is 6.30. The second-order valence-electron chi connectivity index (χ2n) is 5.46. The number of halogens is 2. The van der Waals surface area contributed by atoms with Crippen molar-refractivity contribution in [3.8, 4) is 0 Å². The van der Waals surface area contributed by atoms with Crippen LogP contribution in [0.2, 0.25) is 10.0 Å². The van der Waals surface area contributed by atoms with E-state index in [0.29, 0.717) is 16.6 Å². The third kappa shape index (κ3) is 2.65. The molecule has 112 valence electrons. The fourth-order valence-corrected chi connectivity index (χ4v) is 3.23. The molecule has 3 aromatic rings. The molecule has 4 heteroatoms. The zero-order valence-electron chi connectivity index (χ0n) is 12.4. The highest BCUT2D eigenvalue weighted by Crippen LogP contribution is 2.24. The van der Waals surface area contributed by atoms with Gasteiger partial charge in [-0.25, -0.2) is 0 Å². The van der Waals surface area contributed by atoms with Gasteiger partial charge >= 0.3 is 0 Å². The molecule has 0 unspecified atom stereocenters. The molecule has 22 heavy (non-hydrogen) atoms. The Bertz CT molecular complexity index is 928. The number of benzene rings is 2. The van der Waals surface area contributed by atoms with Crippen LogP contribution in [-0.4, -0.2) is 4.57 Å². The van der Waals surface area contributed by atoms with Crippen molar-refractivity contribution in [2.75, 3.05) is 0 Å². The van der Waals surface area contributed by atoms with E-state index < -0.39 is 0 Å². The van der Waals surface area contributed by atoms with Gasteiger partial charge in [0.25, 0.3) is 5.56 Å². The van der Waals surface area contributed by atoms with Crippen molar-refractivity contribution >= 4 is 34.1 Å². The van der Waals surface area contributed by atoms with E-state index in [2.05, 4.69) is 0 Å². The Morgan fingerprint density at radius 1 is 1.00 bits per heavy atom. The van der Waals surface area contributed by atoms with E-state index in [0.717, 1.165) is 27.6 Å². The summed E-state index contributed by atoms with van der Waals surface area (Å²) in [6, 6.07) is 13.1. The third-order valence-electron chi connectivity index (χ3n) is 3.88. The highest BCUT2D eigenvalue weighted by atomic mass is 35.5. The molecule has 0 bridgehead atoms. The average Bonchev–Trinajstić information content (AvgIpc) is 2.46. The van der Waals surface area contributed by atoms with E-state index in [-0.39, 0.29) is 5.56 Å². The lowest BCUT2D eigenvalue weighted by Crippen LogP contribution is -2.21. The second kappa shape index (κ2) is 5.79. The Morgan fingerprint density at radius 3 is 2.50 bits per heavy atom. The van der Waals surface area contributed by atoms with Crippen LogP contribution >= 0.6 is 23.2 Å². The van der Waals surface area contributed by atoms with Gasteiger partial charge in [0.15, 0.2) is 0 Å². The van der Waals surface area contributed by atoms with Gasteiger partial charge in [-0.05, 0) is 42.7 Å². The zero-order valence-corrected chi connectivity index (χ0v) is 13.9. The topological polar surface area (TPSA) is 22.0 Å². The van der Waals surface area contributed by atoms with Gasteiger partial charge < -0.3 is 4.57 Å². The number of para-hydroxylation sites is 1. The van der Waals surface area contributed by atoms with Gasteiger partial charge in [0.2, 0.25) is 0 Å². The van der Waals surface area contributed by atoms with Crippen molar-refractivity contribution in [3.63, 3.8) is 0 Å². The maximum absolute atomic E-state index is 12.5. The van der Waals surface area contributed by atoms with Gasteiger partial charge in [0.1, 0.15) is 0 Å². The summed E-state index contributed by atoms with van der Waals surface area (Å²) >= 11 is 12.2. The quantitative estimate of drug-likeness (QED) is 0.649. The lowest BCUT2D eigenvalue weighted by molar-refractivity contribution is 0.791. The summed E-state index contributed by atoms with van der Waals surface area (Å²) in [7, 11) is 0. The Morgan fingerprint density at radius 2 is 1.77 bits per heavy atom. The van der Waals surface area contributed by atoms with E-state index >= 15 is 0 Å². The number of hydrogen-bond acceptors (Lipinski definition) is 1. The minimum absolute atomic E-state index is 0.0229. The van der Waals surface area contributed by atoms with Crippen LogP contribution in [0.4, 0.5) is 0 Å². The number of rotatable bonds is 2. The Balaban J connectivity index is 2.25. The molecule has 1 heterocycles. The standard InChI is InChI=1S/C18H15Cl2NO/c1-11-4-3-5-15-12(2)8-17(22)21(18(11)15)10-13-6-7-14(19)9-16(13)20/h3-9H,10H2,1-2H3. The van der Waals surface area contributed by atoms with Crippen LogP contribution in [0.3, 0.4) is 0 Å². The molecule has 0 fully saturated rings. The first kappa shape index (κ1) is 15.1. The van der Waals surface area contributed by atoms with Crippen LogP contribution in [0.1, 0.15) is 16.7 Å². The lowest BCUT2D eigenvalue weighted by atomic mass is 10.1. The van der Waals surface area contributed by atoms with Crippen molar-refractivity contribution in [1.82, 2.24) is 4.57 Å². The molecule has 0 saturated carbocycles. The van der Waals surface area contributed by atoms with E-state index in [4.69, 9.17) is 23.2 Å². The number of aromatic nitrogens is 1. The molecule has 0 aliphatic rings. The molecule has 2 aromatic carbocycles. The Labute approximate surface area is 138 Å². The molecular formula is C18H15Cl2NO. The van der Waals surface area contributed by atoms with E-state index in [9.17, 15) is 4.79 Å². The first-order valence-corrected chi connectivity index (χ1v) is 7.76. The minimum Gasteiger partial charge on any atom is -0.304 e. The van der Waals surface area contributed by atoms with Crippen molar-refractivity contribution in [2.45, 2.75) is 20.4 Å². The molecule has 0 radical (unpaired) electrons. The molecule has 0 aliphatic carbocycles. The number of aryl methyl sites for hydroxylation is 2. The van der Waals surface area contributed by atoms with Crippen LogP contribution in [-0.2, 0) is 6.54 Å². The summed E-state index contributed by atoms with van der Waals surface area (Å²) in [6.45, 7) is 4.40. The van der Waals surface area contributed by atoms with Crippen molar-refractivity contribution in [1.29, 1.82) is 0 Å². The van der Waals surface area contributed by atoms with Gasteiger partial charge in [-0.1, -0.05) is 47.5 Å². The molecule has 0 saturated heterocycles. The zero-order chi connectivity index (χ0) is 15.9. The van der Waals surface area contributed by atoms with Crippen LogP contribution in [0.5, 0.6) is 0 Å². The number of hydrogen-bond donors (Lipinski definition) is 0. The summed E-state index contributed by atoms with van der Waals surface area (Å²) in [6.07, 6.45) is 0. The lowest BCUT2D eigenvalue weighted by Gasteiger charge is -2.15. The first-order valence-electron chi connectivity index (χ1n) is 7.01. The van der Waals surface area contributed by atoms with Gasteiger partial charge in [-0.15, -0.1) is 0 Å². The molecule has 0 N–H and O–H groups in total. The maximum atomic E-state index is 12.5. The van der Waals surface area contributed by atoms with Crippen LogP contribution in [0, 0.1) is 13.8 Å². The first-order chi connectivity index (χ1) is 10.5. The molecule has 0 aliphatic heterocycles. The molecule has 3 rings (SSSR count). The van der Waals surface area contributed by atoms with Crippen LogP contribution in [0.25, 0.3) is 10.9 Å². The molecule has 2 nitrogen and oxygen atoms in total. The SMILES string of the molecule is Cc1cc(=O)n(Cc2ccc(Cl)cc2Cl)c2c(C)cccc12. The highest BCUT2D eigenvalue weighted by molar-refractivity contribution is 6.35. The third-order valence-corrected chi connectivity index (χ3v) is 4.47. The van der Waals surface area contributed by atoms with Gasteiger partial charge in [-0.3, -0.25) is 4.79 Å². The summed E-state index contributed by atoms with van der Waals surface area (Å²) in [5.74, 6) is 0. The molecule has 0 amide bonds. The van der Waals surface area contributed by atoms with E-state index in [1.807, 2.05) is 38.1 Å². The van der Waals surface area contributed by atoms with E-state index in [1.54, 1.807) is 22.8 Å². The molecular weight excluding hydrogens is 317 g/mol. The smallest absolute Gasteiger partial charge is 0.251 e. The number of pyridine rings is 1. The Hall–Kier alpha value is -1.77. The predicted molar refractivity (Wildman–Crippen MR) is 93.2 cm³/mol. The monoisotopic (exact) mass is 331 g/mol. The summed E-state index contributed by atoms with van der Waals surface area (Å²) < 4.78 is 1.77. The largest absolute Gasteiger partial charge is 0.304 e. The molecule has 0 spiro atoms. The fourth-order valence-electron chi connectivity index (χ4n) is 2.76. The summed E-state index contributed by atoms with van der Waals surface area (Å²) in [5.41, 5.74) is 3.87. The minimum atomic E-state index is -0.0229. The number of nitrogens with zero attached hydrogens (tertiary/aromatic N) is 1. The van der Waals surface area contributed by atoms with Crippen LogP contribution in [0.15, 0.2) is 47.3 Å². The van der Waals surface area contributed by atoms with Crippen molar-refractivity contribution in [2.24, 2.45) is 0 Å². The average molecular weight is 332 g/mol. The van der Waals surface area contributed by atoms with Gasteiger partial charge in [-0.2, -0.15) is 0 Å². The van der Waals surface area contributed by atoms with Gasteiger partial charge in [0, 0.05) is 21.5 Å². The maximum Gasteiger partial charge on any atom is 0.251 e. The van der Waals surface area contributed by atoms with Crippen LogP contribution < -0.4 is 5.56 Å². The summed E-state index contributed by atoms with van der Waals surface area (Å²) in [5, 5.41) is 2.25.